The summed E-state index contributed by atoms with van der Waals surface area (Å²) in [5.41, 5.74) is 1.69. The molecule has 0 spiro atoms. The third kappa shape index (κ3) is 5.22. The van der Waals surface area contributed by atoms with Crippen LogP contribution in [0.25, 0.3) is 0 Å². The molecule has 1 saturated heterocycles. The number of aryl methyl sites for hydroxylation is 1. The molecule has 0 radical (unpaired) electrons. The lowest BCUT2D eigenvalue weighted by atomic mass is 10.0. The number of hydrogen-bond acceptors (Lipinski definition) is 3. The van der Waals surface area contributed by atoms with Gasteiger partial charge in [-0.3, -0.25) is 9.59 Å². The molecule has 1 aliphatic rings. The number of piperazine rings is 1. The molecule has 2 amide bonds. The molecule has 0 aromatic heterocycles. The third-order valence-corrected chi connectivity index (χ3v) is 3.96. The van der Waals surface area contributed by atoms with Crippen molar-refractivity contribution in [1.82, 2.24) is 15.5 Å². The largest absolute Gasteiger partial charge is 0.340 e. The lowest BCUT2D eigenvalue weighted by molar-refractivity contribution is -0.134. The Hall–Kier alpha value is -1.59. The van der Waals surface area contributed by atoms with Crippen LogP contribution in [0.1, 0.15) is 29.8 Å². The Morgan fingerprint density at radius 2 is 1.70 bits per heavy atom. The zero-order valence-electron chi connectivity index (χ0n) is 14.0. The average Bonchev–Trinajstić information content (AvgIpc) is 2.53. The molecule has 128 valence electrons. The Morgan fingerprint density at radius 1 is 1.13 bits per heavy atom. The van der Waals surface area contributed by atoms with Crippen LogP contribution < -0.4 is 10.6 Å². The minimum absolute atomic E-state index is 0. The van der Waals surface area contributed by atoms with Gasteiger partial charge in [0.05, 0.1) is 0 Å². The molecule has 1 aliphatic heterocycles. The Labute approximate surface area is 144 Å². The van der Waals surface area contributed by atoms with E-state index in [9.17, 15) is 9.59 Å². The van der Waals surface area contributed by atoms with Crippen LogP contribution in [0.3, 0.4) is 0 Å². The molecule has 0 saturated carbocycles. The van der Waals surface area contributed by atoms with Gasteiger partial charge in [-0.05, 0) is 25.0 Å². The average molecular weight is 340 g/mol. The standard InChI is InChI=1S/C17H25N3O2.ClH/c1-12(2)15(17(22)20-10-8-18-9-11-20)19-16(21)14-6-4-13(3)5-7-14;/h4-7,12,15,18H,8-11H2,1-3H3,(H,19,21);1H. The summed E-state index contributed by atoms with van der Waals surface area (Å²) in [5, 5.41) is 6.13. The summed E-state index contributed by atoms with van der Waals surface area (Å²) in [6, 6.07) is 6.90. The molecular formula is C17H26ClN3O2. The summed E-state index contributed by atoms with van der Waals surface area (Å²) in [6.45, 7) is 8.91. The van der Waals surface area contributed by atoms with Crippen LogP contribution in [-0.2, 0) is 4.79 Å². The second-order valence-corrected chi connectivity index (χ2v) is 6.14. The minimum Gasteiger partial charge on any atom is -0.340 e. The molecule has 0 bridgehead atoms. The molecule has 6 heteroatoms. The van der Waals surface area contributed by atoms with E-state index in [1.54, 1.807) is 12.1 Å². The van der Waals surface area contributed by atoms with Gasteiger partial charge in [0.2, 0.25) is 5.91 Å². The van der Waals surface area contributed by atoms with Gasteiger partial charge in [0.25, 0.3) is 5.91 Å². The number of hydrogen-bond donors (Lipinski definition) is 2. The number of nitrogens with one attached hydrogen (secondary N) is 2. The van der Waals surface area contributed by atoms with E-state index in [0.717, 1.165) is 18.7 Å². The highest BCUT2D eigenvalue weighted by Crippen LogP contribution is 2.10. The quantitative estimate of drug-likeness (QED) is 0.876. The molecule has 1 heterocycles. The van der Waals surface area contributed by atoms with E-state index in [0.29, 0.717) is 18.7 Å². The monoisotopic (exact) mass is 339 g/mol. The minimum atomic E-state index is -0.480. The number of rotatable bonds is 4. The predicted molar refractivity (Wildman–Crippen MR) is 94.0 cm³/mol. The van der Waals surface area contributed by atoms with Gasteiger partial charge < -0.3 is 15.5 Å². The fraction of sp³-hybridized carbons (Fsp3) is 0.529. The Kier molecular flexibility index (Phi) is 7.52. The smallest absolute Gasteiger partial charge is 0.251 e. The van der Waals surface area contributed by atoms with Gasteiger partial charge in [0.1, 0.15) is 6.04 Å². The molecule has 2 N–H and O–H groups in total. The van der Waals surface area contributed by atoms with Crippen LogP contribution in [-0.4, -0.2) is 48.9 Å². The van der Waals surface area contributed by atoms with Crippen molar-refractivity contribution >= 4 is 24.2 Å². The SMILES string of the molecule is Cc1ccc(C(=O)NC(C(=O)N2CCNCC2)C(C)C)cc1.Cl. The van der Waals surface area contributed by atoms with Gasteiger partial charge in [-0.1, -0.05) is 31.5 Å². The first-order chi connectivity index (χ1) is 10.5. The summed E-state index contributed by atoms with van der Waals surface area (Å²) >= 11 is 0. The zero-order chi connectivity index (χ0) is 16.1. The van der Waals surface area contributed by atoms with E-state index >= 15 is 0 Å². The van der Waals surface area contributed by atoms with Crippen LogP contribution in [0.15, 0.2) is 24.3 Å². The summed E-state index contributed by atoms with van der Waals surface area (Å²) < 4.78 is 0. The van der Waals surface area contributed by atoms with E-state index in [2.05, 4.69) is 10.6 Å². The van der Waals surface area contributed by atoms with E-state index in [1.165, 1.54) is 0 Å². The van der Waals surface area contributed by atoms with Gasteiger partial charge in [0.15, 0.2) is 0 Å². The van der Waals surface area contributed by atoms with Crippen LogP contribution in [0, 0.1) is 12.8 Å². The van der Waals surface area contributed by atoms with Crippen molar-refractivity contribution in [2.24, 2.45) is 5.92 Å². The van der Waals surface area contributed by atoms with Crippen molar-refractivity contribution in [3.63, 3.8) is 0 Å². The highest BCUT2D eigenvalue weighted by molar-refractivity contribution is 5.97. The van der Waals surface area contributed by atoms with E-state index in [-0.39, 0.29) is 30.1 Å². The lowest BCUT2D eigenvalue weighted by Crippen LogP contribution is -2.55. The topological polar surface area (TPSA) is 61.4 Å². The molecule has 2 rings (SSSR count). The second-order valence-electron chi connectivity index (χ2n) is 6.14. The summed E-state index contributed by atoms with van der Waals surface area (Å²) in [6.07, 6.45) is 0. The summed E-state index contributed by atoms with van der Waals surface area (Å²) in [4.78, 5) is 26.8. The van der Waals surface area contributed by atoms with Crippen LogP contribution in [0.5, 0.6) is 0 Å². The van der Waals surface area contributed by atoms with E-state index in [1.807, 2.05) is 37.8 Å². The molecule has 1 fully saturated rings. The molecule has 0 aliphatic carbocycles. The van der Waals surface area contributed by atoms with Crippen molar-refractivity contribution in [1.29, 1.82) is 0 Å². The fourth-order valence-corrected chi connectivity index (χ4v) is 2.52. The van der Waals surface area contributed by atoms with Gasteiger partial charge in [-0.25, -0.2) is 0 Å². The van der Waals surface area contributed by atoms with Gasteiger partial charge in [-0.2, -0.15) is 0 Å². The van der Waals surface area contributed by atoms with Crippen molar-refractivity contribution < 1.29 is 9.59 Å². The molecule has 1 aromatic carbocycles. The van der Waals surface area contributed by atoms with Crippen molar-refractivity contribution in [3.05, 3.63) is 35.4 Å². The maximum absolute atomic E-state index is 12.6. The number of amides is 2. The zero-order valence-corrected chi connectivity index (χ0v) is 14.8. The van der Waals surface area contributed by atoms with Crippen molar-refractivity contribution in [3.8, 4) is 0 Å². The third-order valence-electron chi connectivity index (χ3n) is 3.96. The second kappa shape index (κ2) is 8.89. The molecule has 5 nitrogen and oxygen atoms in total. The summed E-state index contributed by atoms with van der Waals surface area (Å²) in [7, 11) is 0. The molecular weight excluding hydrogens is 314 g/mol. The Balaban J connectivity index is 0.00000264. The van der Waals surface area contributed by atoms with Gasteiger partial charge in [-0.15, -0.1) is 12.4 Å². The fourth-order valence-electron chi connectivity index (χ4n) is 2.52. The highest BCUT2D eigenvalue weighted by Gasteiger charge is 2.29. The first-order valence-corrected chi connectivity index (χ1v) is 7.86. The summed E-state index contributed by atoms with van der Waals surface area (Å²) in [5.74, 6) is -0.129. The first kappa shape index (κ1) is 19.5. The predicted octanol–water partition coefficient (Wildman–Crippen LogP) is 1.60. The van der Waals surface area contributed by atoms with E-state index < -0.39 is 6.04 Å². The Bertz CT molecular complexity index is 525. The number of halogens is 1. The van der Waals surface area contributed by atoms with Crippen LogP contribution >= 0.6 is 12.4 Å². The lowest BCUT2D eigenvalue weighted by Gasteiger charge is -2.32. The molecule has 1 aromatic rings. The van der Waals surface area contributed by atoms with Crippen LogP contribution in [0.4, 0.5) is 0 Å². The molecule has 23 heavy (non-hydrogen) atoms. The molecule has 1 unspecified atom stereocenters. The van der Waals surface area contributed by atoms with E-state index in [4.69, 9.17) is 0 Å². The number of benzene rings is 1. The molecule has 1 atom stereocenters. The normalized spacial score (nSPS) is 15.7. The van der Waals surface area contributed by atoms with Crippen molar-refractivity contribution in [2.75, 3.05) is 26.2 Å². The maximum atomic E-state index is 12.6. The Morgan fingerprint density at radius 3 is 2.22 bits per heavy atom. The van der Waals surface area contributed by atoms with Gasteiger partial charge >= 0.3 is 0 Å². The number of nitrogens with zero attached hydrogens (tertiary/aromatic N) is 1. The first-order valence-electron chi connectivity index (χ1n) is 7.86. The highest BCUT2D eigenvalue weighted by atomic mass is 35.5. The van der Waals surface area contributed by atoms with Crippen LogP contribution in [0.2, 0.25) is 0 Å². The van der Waals surface area contributed by atoms with Crippen molar-refractivity contribution in [2.45, 2.75) is 26.8 Å². The number of carbonyl (C=O) groups excluding carboxylic acids is 2. The maximum Gasteiger partial charge on any atom is 0.251 e. The van der Waals surface area contributed by atoms with Gasteiger partial charge in [0, 0.05) is 31.7 Å². The number of carbonyl (C=O) groups is 2.